The number of nitrogens with zero attached hydrogens (tertiary/aromatic N) is 8. The van der Waals surface area contributed by atoms with Gasteiger partial charge in [-0.25, -0.2) is 34.9 Å². The zero-order valence-corrected chi connectivity index (χ0v) is 49.8. The van der Waals surface area contributed by atoms with E-state index in [1.165, 1.54) is 6.20 Å². The van der Waals surface area contributed by atoms with Gasteiger partial charge in [-0.2, -0.15) is 4.98 Å². The van der Waals surface area contributed by atoms with Crippen LogP contribution in [0.5, 0.6) is 11.5 Å². The van der Waals surface area contributed by atoms with Gasteiger partial charge in [0.05, 0.1) is 61.2 Å². The third-order valence-electron chi connectivity index (χ3n) is 7.26. The predicted octanol–water partition coefficient (Wildman–Crippen LogP) is 2.80. The van der Waals surface area contributed by atoms with Crippen LogP contribution in [0, 0.1) is 0 Å². The van der Waals surface area contributed by atoms with Gasteiger partial charge in [-0.1, -0.05) is 11.6 Å². The minimum atomic E-state index is -2.62. The molecule has 0 bridgehead atoms. The summed E-state index contributed by atoms with van der Waals surface area (Å²) < 4.78 is 52.6. The summed E-state index contributed by atoms with van der Waals surface area (Å²) in [7, 11) is -6.05. The fraction of sp³-hybridized carbons (Fsp3) is 0.237. The van der Waals surface area contributed by atoms with Crippen LogP contribution in [0.15, 0.2) is 82.5 Å². The maximum atomic E-state index is 12.9. The van der Waals surface area contributed by atoms with Crippen molar-refractivity contribution >= 4 is 115 Å². The van der Waals surface area contributed by atoms with Crippen molar-refractivity contribution in [3.63, 3.8) is 0 Å². The van der Waals surface area contributed by atoms with E-state index in [0.29, 0.717) is 78.3 Å². The van der Waals surface area contributed by atoms with Crippen LogP contribution < -0.4 is 139 Å². The number of rotatable bonds is 11. The molecule has 27 heteroatoms. The molecule has 0 unspecified atom stereocenters. The molecule has 65 heavy (non-hydrogen) atoms. The number of carbonyl (C=O) groups is 1. The molecular formula is C38H42Br2Cl3FK2N10O7P2. The average Bonchev–Trinajstić information content (AvgIpc) is 3.25. The number of aromatic nitrogens is 8. The molecule has 0 aliphatic heterocycles. The number of ether oxygens (including phenoxy) is 2. The standard InChI is InChI=1S/C18H18BrClN5O2P.C14H18N3O2P.C4HBrCl2N2.CH3F.CH2O3.2K.H/c1-4-27-12-8-21-16(22-9-12)11-5-6-14(15(7-11)28(2,3)26)24-17-13(19)10-23-18(20)25-17;1-4-19-11-8-16-14(17-9-11)10-5-6-12(15)13(7-10)20(2,3)18;5-2-1-8-4(7)9-3(2)6;1-2;2-1-4-3;;;/h5-10H,4H2,1-3H3,(H,23,24,25);5-9H,4,15H2,1-3H3;1H;1H3;1,3H;;;/q;;;;;2*+1;-1/p-1/i;;;1D;;;;. The van der Waals surface area contributed by atoms with E-state index in [4.69, 9.17) is 61.4 Å². The number of nitrogens with one attached hydrogen (secondary N) is 1. The maximum absolute atomic E-state index is 12.9. The molecule has 0 amide bonds. The number of nitrogens with two attached hydrogens (primary N) is 1. The smallest absolute Gasteiger partial charge is 1.00 e. The van der Waals surface area contributed by atoms with Gasteiger partial charge in [0.1, 0.15) is 25.3 Å². The molecule has 3 N–H and O–H groups in total. The van der Waals surface area contributed by atoms with Gasteiger partial charge >= 0.3 is 103 Å². The molecule has 2 aromatic carbocycles. The fourth-order valence-electron chi connectivity index (χ4n) is 4.67. The van der Waals surface area contributed by atoms with E-state index in [0.717, 1.165) is 11.1 Å². The third-order valence-corrected chi connectivity index (χ3v) is 12.4. The Morgan fingerprint density at radius 1 is 0.769 bits per heavy atom. The average molecular weight is 1180 g/mol. The van der Waals surface area contributed by atoms with Crippen LogP contribution in [0.2, 0.25) is 15.7 Å². The zero-order chi connectivity index (χ0) is 48.0. The van der Waals surface area contributed by atoms with Crippen molar-refractivity contribution in [3.05, 3.63) is 98.2 Å². The number of hydrogen-bond acceptors (Lipinski definition) is 17. The second kappa shape index (κ2) is 32.6. The van der Waals surface area contributed by atoms with Gasteiger partial charge in [-0.05, 0) is 132 Å². The predicted molar refractivity (Wildman–Crippen MR) is 253 cm³/mol. The molecule has 17 nitrogen and oxygen atoms in total. The number of anilines is 3. The summed E-state index contributed by atoms with van der Waals surface area (Å²) in [5, 5.41) is 13.5. The van der Waals surface area contributed by atoms with Crippen LogP contribution in [0.1, 0.15) is 16.6 Å². The summed E-state index contributed by atoms with van der Waals surface area (Å²) in [6.07, 6.45) is 9.54. The largest absolute Gasteiger partial charge is 1.00 e. The van der Waals surface area contributed by atoms with Gasteiger partial charge in [0.15, 0.2) is 23.1 Å². The molecule has 0 aliphatic carbocycles. The van der Waals surface area contributed by atoms with Crippen LogP contribution in [-0.4, -0.2) is 93.4 Å². The molecule has 0 aliphatic rings. The first kappa shape index (κ1) is 61.9. The summed E-state index contributed by atoms with van der Waals surface area (Å²) in [6.45, 7) is 11.5. The minimum Gasteiger partial charge on any atom is -1.00 e. The van der Waals surface area contributed by atoms with Crippen molar-refractivity contribution in [1.29, 1.82) is 0 Å². The van der Waals surface area contributed by atoms with Crippen LogP contribution in [0.3, 0.4) is 0 Å². The summed E-state index contributed by atoms with van der Waals surface area (Å²) >= 11 is 23.3. The monoisotopic (exact) mass is 1170 g/mol. The number of carbonyl (C=O) groups excluding carboxylic acids is 1. The molecule has 340 valence electrons. The van der Waals surface area contributed by atoms with Crippen LogP contribution in [-0.2, 0) is 18.8 Å². The van der Waals surface area contributed by atoms with E-state index in [9.17, 15) is 13.5 Å². The molecule has 6 aromatic rings. The molecule has 6 rings (SSSR count). The molecule has 0 spiro atoms. The molecule has 0 saturated heterocycles. The molecule has 4 heterocycles. The normalized spacial score (nSPS) is 10.3. The summed E-state index contributed by atoms with van der Waals surface area (Å²) in [4.78, 5) is 43.8. The molecule has 0 radical (unpaired) electrons. The number of alkyl halides is 1. The number of hydrogen-bond donors (Lipinski definition) is 2. The molecule has 4 aromatic heterocycles. The quantitative estimate of drug-likeness (QED) is 0.0277. The van der Waals surface area contributed by atoms with Crippen molar-refractivity contribution in [2.24, 2.45) is 0 Å². The molecular weight excluding hydrogens is 1130 g/mol. The zero-order valence-electron chi connectivity index (χ0n) is 38.3. The SMILES string of the molecule is CCOc1cnc(-c2ccc(N)c(P(C)(C)=O)c2)nc1.CCOc1cnc(-c2ccc(Nc3nc(Cl)ncc3Br)c(P(C)(C)=O)c2)nc1.Clc1ncc(Br)c(Cl)n1.O=CO[O-].[2H]CF.[H-].[K+].[K+]. The van der Waals surface area contributed by atoms with E-state index in [-0.39, 0.29) is 121 Å². The van der Waals surface area contributed by atoms with E-state index in [2.05, 4.69) is 81.9 Å². The minimum absolute atomic E-state index is 0. The van der Waals surface area contributed by atoms with Gasteiger partial charge in [0.25, 0.3) is 6.47 Å². The van der Waals surface area contributed by atoms with Crippen LogP contribution in [0.25, 0.3) is 22.8 Å². The Morgan fingerprint density at radius 2 is 1.18 bits per heavy atom. The van der Waals surface area contributed by atoms with Crippen molar-refractivity contribution in [1.82, 2.24) is 39.9 Å². The summed E-state index contributed by atoms with van der Waals surface area (Å²) in [6, 6.07) is 10.9. The first-order valence-corrected chi connectivity index (χ1v) is 25.6. The third kappa shape index (κ3) is 22.5. The number of nitrogen functional groups attached to an aromatic ring is 1. The van der Waals surface area contributed by atoms with Gasteiger partial charge < -0.3 is 41.2 Å². The van der Waals surface area contributed by atoms with Gasteiger partial charge in [0.2, 0.25) is 10.6 Å². The van der Waals surface area contributed by atoms with Crippen LogP contribution in [0.4, 0.5) is 21.6 Å². The second-order valence-corrected chi connectivity index (χ2v) is 21.6. The van der Waals surface area contributed by atoms with Crippen molar-refractivity contribution in [2.45, 2.75) is 13.8 Å². The first-order chi connectivity index (χ1) is 30.2. The Kier molecular flexibility index (Phi) is 31.1. The van der Waals surface area contributed by atoms with E-state index in [1.807, 2.05) is 38.1 Å². The van der Waals surface area contributed by atoms with Crippen molar-refractivity contribution in [2.75, 3.05) is 58.1 Å². The topological polar surface area (TPSA) is 243 Å². The Labute approximate surface area is 495 Å². The maximum Gasteiger partial charge on any atom is 1.00 e. The number of benzene rings is 2. The Hall–Kier alpha value is -1.12. The Bertz CT molecular complexity index is 2540. The van der Waals surface area contributed by atoms with Crippen LogP contribution >= 0.6 is 80.9 Å². The van der Waals surface area contributed by atoms with Gasteiger partial charge in [0, 0.05) is 39.8 Å². The van der Waals surface area contributed by atoms with Gasteiger partial charge in [-0.3, -0.25) is 9.18 Å². The Balaban J connectivity index is 0. The Morgan fingerprint density at radius 3 is 1.58 bits per heavy atom. The summed E-state index contributed by atoms with van der Waals surface area (Å²) in [5.74, 6) is 2.80. The fourth-order valence-corrected chi connectivity index (χ4v) is 7.90. The van der Waals surface area contributed by atoms with Crippen molar-refractivity contribution < 1.29 is 144 Å². The van der Waals surface area contributed by atoms with E-state index >= 15 is 0 Å². The summed E-state index contributed by atoms with van der Waals surface area (Å²) in [5.41, 5.74) is 8.63. The van der Waals surface area contributed by atoms with E-state index < -0.39 is 21.4 Å². The second-order valence-electron chi connectivity index (χ2n) is 12.5. The molecule has 0 saturated carbocycles. The van der Waals surface area contributed by atoms with Crippen molar-refractivity contribution in [3.8, 4) is 34.3 Å². The van der Waals surface area contributed by atoms with E-state index in [1.54, 1.807) is 69.8 Å². The molecule has 0 fully saturated rings. The van der Waals surface area contributed by atoms with Gasteiger partial charge in [-0.15, -0.1) is 0 Å². The first-order valence-electron chi connectivity index (χ1n) is 18.3. The number of halogens is 6. The molecule has 0 atom stereocenters.